The van der Waals surface area contributed by atoms with Gasteiger partial charge in [-0.15, -0.1) is 11.3 Å². The molecule has 0 radical (unpaired) electrons. The summed E-state index contributed by atoms with van der Waals surface area (Å²) < 4.78 is 5.65. The number of nitrogens with one attached hydrogen (secondary N) is 1. The molecule has 2 heterocycles. The highest BCUT2D eigenvalue weighted by atomic mass is 32.1. The zero-order valence-corrected chi connectivity index (χ0v) is 9.96. The van der Waals surface area contributed by atoms with Crippen molar-refractivity contribution in [2.75, 3.05) is 11.9 Å². The number of ether oxygens (including phenoxy) is 1. The Bertz CT molecular complexity index is 428. The van der Waals surface area contributed by atoms with Gasteiger partial charge in [-0.3, -0.25) is 4.98 Å². The third-order valence-electron chi connectivity index (χ3n) is 2.06. The van der Waals surface area contributed by atoms with Crippen LogP contribution in [0.3, 0.4) is 0 Å². The van der Waals surface area contributed by atoms with Crippen LogP contribution in [0.15, 0.2) is 36.0 Å². The Morgan fingerprint density at radius 1 is 1.44 bits per heavy atom. The van der Waals surface area contributed by atoms with Gasteiger partial charge >= 0.3 is 0 Å². The first-order valence-corrected chi connectivity index (χ1v) is 6.10. The molecule has 0 bridgehead atoms. The molecule has 0 aliphatic rings. The van der Waals surface area contributed by atoms with Gasteiger partial charge < -0.3 is 10.1 Å². The fourth-order valence-electron chi connectivity index (χ4n) is 1.35. The maximum atomic E-state index is 5.65. The van der Waals surface area contributed by atoms with E-state index >= 15 is 0 Å². The first-order valence-electron chi connectivity index (χ1n) is 5.22. The monoisotopic (exact) mass is 234 g/mol. The van der Waals surface area contributed by atoms with E-state index < -0.39 is 0 Å². The van der Waals surface area contributed by atoms with E-state index in [1.165, 1.54) is 4.88 Å². The highest BCUT2D eigenvalue weighted by Crippen LogP contribution is 2.17. The predicted molar refractivity (Wildman–Crippen MR) is 67.1 cm³/mol. The Labute approximate surface area is 99.1 Å². The van der Waals surface area contributed by atoms with E-state index in [-0.39, 0.29) is 0 Å². The van der Waals surface area contributed by atoms with Crippen molar-refractivity contribution in [2.45, 2.75) is 13.5 Å². The zero-order chi connectivity index (χ0) is 11.2. The molecule has 0 spiro atoms. The van der Waals surface area contributed by atoms with Crippen molar-refractivity contribution >= 4 is 17.0 Å². The van der Waals surface area contributed by atoms with Crippen molar-refractivity contribution in [3.8, 4) is 5.75 Å². The summed E-state index contributed by atoms with van der Waals surface area (Å²) >= 11 is 1.70. The Hall–Kier alpha value is -1.55. The van der Waals surface area contributed by atoms with Crippen LogP contribution in [0.25, 0.3) is 0 Å². The molecule has 0 aliphatic heterocycles. The Morgan fingerprint density at radius 3 is 3.12 bits per heavy atom. The normalized spacial score (nSPS) is 10.1. The average Bonchev–Trinajstić information content (AvgIpc) is 2.80. The lowest BCUT2D eigenvalue weighted by molar-refractivity contribution is 0.309. The zero-order valence-electron chi connectivity index (χ0n) is 9.14. The summed E-state index contributed by atoms with van der Waals surface area (Å²) in [7, 11) is 0. The van der Waals surface area contributed by atoms with E-state index in [1.54, 1.807) is 23.7 Å². The molecule has 0 saturated heterocycles. The highest BCUT2D eigenvalue weighted by Gasteiger charge is 1.98. The maximum absolute atomic E-state index is 5.65. The minimum atomic E-state index is 0.606. The van der Waals surface area contributed by atoms with Crippen LogP contribution in [0.1, 0.15) is 11.8 Å². The molecule has 2 aromatic rings. The SMILES string of the molecule is CCNc1cncc(OCc2cccs2)c1. The quantitative estimate of drug-likeness (QED) is 0.863. The van der Waals surface area contributed by atoms with Gasteiger partial charge in [0.1, 0.15) is 12.4 Å². The number of anilines is 1. The second kappa shape index (κ2) is 5.51. The molecular formula is C12H14N2OS. The number of nitrogens with zero attached hydrogens (tertiary/aromatic N) is 1. The number of thiophene rings is 1. The van der Waals surface area contributed by atoms with E-state index in [9.17, 15) is 0 Å². The molecule has 2 rings (SSSR count). The van der Waals surface area contributed by atoms with Gasteiger partial charge in [-0.05, 0) is 18.4 Å². The standard InChI is InChI=1S/C12H14N2OS/c1-2-14-10-6-11(8-13-7-10)15-9-12-4-3-5-16-12/h3-8,14H,2,9H2,1H3. The summed E-state index contributed by atoms with van der Waals surface area (Å²) in [6, 6.07) is 6.05. The number of pyridine rings is 1. The summed E-state index contributed by atoms with van der Waals surface area (Å²) in [5.74, 6) is 0.798. The molecular weight excluding hydrogens is 220 g/mol. The average molecular weight is 234 g/mol. The van der Waals surface area contributed by atoms with Gasteiger partial charge in [0.2, 0.25) is 0 Å². The Morgan fingerprint density at radius 2 is 2.38 bits per heavy atom. The molecule has 4 heteroatoms. The van der Waals surface area contributed by atoms with Gasteiger partial charge in [-0.1, -0.05) is 6.07 Å². The molecule has 0 atom stereocenters. The molecule has 0 unspecified atom stereocenters. The van der Waals surface area contributed by atoms with E-state index in [4.69, 9.17) is 4.74 Å². The lowest BCUT2D eigenvalue weighted by atomic mass is 10.4. The molecule has 1 N–H and O–H groups in total. The van der Waals surface area contributed by atoms with E-state index in [1.807, 2.05) is 17.5 Å². The van der Waals surface area contributed by atoms with Crippen LogP contribution in [0.2, 0.25) is 0 Å². The van der Waals surface area contributed by atoms with Gasteiger partial charge in [0.25, 0.3) is 0 Å². The molecule has 3 nitrogen and oxygen atoms in total. The summed E-state index contributed by atoms with van der Waals surface area (Å²) in [6.07, 6.45) is 3.52. The summed E-state index contributed by atoms with van der Waals surface area (Å²) in [5, 5.41) is 5.25. The number of rotatable bonds is 5. The van der Waals surface area contributed by atoms with Crippen molar-refractivity contribution in [2.24, 2.45) is 0 Å². The topological polar surface area (TPSA) is 34.2 Å². The third-order valence-corrected chi connectivity index (χ3v) is 2.91. The van der Waals surface area contributed by atoms with Crippen LogP contribution in [0.4, 0.5) is 5.69 Å². The van der Waals surface area contributed by atoms with Gasteiger partial charge in [-0.2, -0.15) is 0 Å². The second-order valence-electron chi connectivity index (χ2n) is 3.31. The largest absolute Gasteiger partial charge is 0.486 e. The van der Waals surface area contributed by atoms with Crippen LogP contribution in [-0.2, 0) is 6.61 Å². The van der Waals surface area contributed by atoms with Crippen LogP contribution < -0.4 is 10.1 Å². The summed E-state index contributed by atoms with van der Waals surface area (Å²) in [6.45, 7) is 3.55. The van der Waals surface area contributed by atoms with Gasteiger partial charge in [0.15, 0.2) is 0 Å². The number of hydrogen-bond donors (Lipinski definition) is 1. The van der Waals surface area contributed by atoms with E-state index in [0.29, 0.717) is 6.61 Å². The molecule has 2 aromatic heterocycles. The summed E-state index contributed by atoms with van der Waals surface area (Å²) in [4.78, 5) is 5.34. The second-order valence-corrected chi connectivity index (χ2v) is 4.34. The van der Waals surface area contributed by atoms with Crippen molar-refractivity contribution in [1.29, 1.82) is 0 Å². The summed E-state index contributed by atoms with van der Waals surface area (Å²) in [5.41, 5.74) is 0.992. The van der Waals surface area contributed by atoms with Crippen LogP contribution in [0, 0.1) is 0 Å². The van der Waals surface area contributed by atoms with E-state index in [2.05, 4.69) is 23.3 Å². The van der Waals surface area contributed by atoms with Crippen molar-refractivity contribution in [3.63, 3.8) is 0 Å². The highest BCUT2D eigenvalue weighted by molar-refractivity contribution is 7.09. The lowest BCUT2D eigenvalue weighted by Crippen LogP contribution is -1.98. The van der Waals surface area contributed by atoms with Crippen molar-refractivity contribution < 1.29 is 4.74 Å². The van der Waals surface area contributed by atoms with Gasteiger partial charge in [0.05, 0.1) is 18.1 Å². The molecule has 0 amide bonds. The number of hydrogen-bond acceptors (Lipinski definition) is 4. The molecule has 0 saturated carbocycles. The third kappa shape index (κ3) is 2.97. The van der Waals surface area contributed by atoms with Crippen LogP contribution in [-0.4, -0.2) is 11.5 Å². The first kappa shape index (κ1) is 11.0. The Balaban J connectivity index is 1.96. The van der Waals surface area contributed by atoms with Crippen molar-refractivity contribution in [1.82, 2.24) is 4.98 Å². The minimum absolute atomic E-state index is 0.606. The fraction of sp³-hybridized carbons (Fsp3) is 0.250. The molecule has 16 heavy (non-hydrogen) atoms. The van der Waals surface area contributed by atoms with Crippen LogP contribution in [0.5, 0.6) is 5.75 Å². The van der Waals surface area contributed by atoms with Gasteiger partial charge in [0, 0.05) is 17.5 Å². The smallest absolute Gasteiger partial charge is 0.140 e. The molecule has 0 fully saturated rings. The molecule has 84 valence electrons. The maximum Gasteiger partial charge on any atom is 0.140 e. The predicted octanol–water partition coefficient (Wildman–Crippen LogP) is 3.15. The Kier molecular flexibility index (Phi) is 3.77. The van der Waals surface area contributed by atoms with Crippen LogP contribution >= 0.6 is 11.3 Å². The lowest BCUT2D eigenvalue weighted by Gasteiger charge is -2.07. The van der Waals surface area contributed by atoms with Gasteiger partial charge in [-0.25, -0.2) is 0 Å². The molecule has 0 aliphatic carbocycles. The first-order chi connectivity index (χ1) is 7.88. The fourth-order valence-corrected chi connectivity index (χ4v) is 1.96. The molecule has 0 aromatic carbocycles. The van der Waals surface area contributed by atoms with E-state index in [0.717, 1.165) is 18.0 Å². The minimum Gasteiger partial charge on any atom is -0.486 e. The van der Waals surface area contributed by atoms with Crippen molar-refractivity contribution in [3.05, 3.63) is 40.8 Å². The number of aromatic nitrogens is 1.